The van der Waals surface area contributed by atoms with Crippen LogP contribution in [0.4, 0.5) is 0 Å². The van der Waals surface area contributed by atoms with Crippen LogP contribution >= 0.6 is 11.3 Å². The Bertz CT molecular complexity index is 968. The molecule has 3 aromatic rings. The van der Waals surface area contributed by atoms with E-state index in [1.54, 1.807) is 35.4 Å². The van der Waals surface area contributed by atoms with Crippen molar-refractivity contribution in [3.8, 4) is 11.5 Å². The van der Waals surface area contributed by atoms with Gasteiger partial charge < -0.3 is 19.1 Å². The number of benzene rings is 2. The molecular weight excluding hydrogens is 380 g/mol. The first-order valence-electron chi connectivity index (χ1n) is 8.49. The molecule has 0 bridgehead atoms. The zero-order valence-electron chi connectivity index (χ0n) is 15.8. The lowest BCUT2D eigenvalue weighted by atomic mass is 10.2. The van der Waals surface area contributed by atoms with Gasteiger partial charge in [-0.25, -0.2) is 9.78 Å². The van der Waals surface area contributed by atoms with E-state index in [1.807, 2.05) is 24.3 Å². The first-order chi connectivity index (χ1) is 13.5. The second-order valence-electron chi connectivity index (χ2n) is 5.97. The number of esters is 1. The number of aromatic nitrogens is 1. The molecule has 0 fully saturated rings. The summed E-state index contributed by atoms with van der Waals surface area (Å²) in [6.45, 7) is 0.245. The monoisotopic (exact) mass is 400 g/mol. The lowest BCUT2D eigenvalue weighted by Gasteiger charge is -2.17. The lowest BCUT2D eigenvalue weighted by Crippen LogP contribution is -2.31. The van der Waals surface area contributed by atoms with Gasteiger partial charge in [0.05, 0.1) is 36.5 Å². The summed E-state index contributed by atoms with van der Waals surface area (Å²) < 4.78 is 16.6. The van der Waals surface area contributed by atoms with Gasteiger partial charge in [-0.3, -0.25) is 4.79 Å². The van der Waals surface area contributed by atoms with Gasteiger partial charge in [-0.2, -0.15) is 0 Å². The Morgan fingerprint density at radius 1 is 1.11 bits per heavy atom. The minimum atomic E-state index is -0.475. The maximum absolute atomic E-state index is 12.4. The Kier molecular flexibility index (Phi) is 6.10. The van der Waals surface area contributed by atoms with Crippen LogP contribution in [-0.2, 0) is 16.1 Å². The van der Waals surface area contributed by atoms with Crippen LogP contribution in [0.2, 0.25) is 0 Å². The topological polar surface area (TPSA) is 78.0 Å². The minimum absolute atomic E-state index is 0.157. The van der Waals surface area contributed by atoms with Crippen LogP contribution in [0.15, 0.2) is 42.5 Å². The number of amides is 1. The van der Waals surface area contributed by atoms with Gasteiger partial charge in [0.15, 0.2) is 18.1 Å². The molecule has 7 nitrogen and oxygen atoms in total. The van der Waals surface area contributed by atoms with Crippen molar-refractivity contribution >= 4 is 33.4 Å². The van der Waals surface area contributed by atoms with Crippen molar-refractivity contribution in [2.24, 2.45) is 0 Å². The SMILES string of the molecule is COC(=O)c1ccc(OCC(=O)N(C)Cc2nc3ccccc3s2)c(OC)c1. The number of rotatable bonds is 7. The molecule has 0 aliphatic carbocycles. The average molecular weight is 400 g/mol. The van der Waals surface area contributed by atoms with Crippen molar-refractivity contribution in [3.63, 3.8) is 0 Å². The van der Waals surface area contributed by atoms with E-state index in [0.29, 0.717) is 23.6 Å². The molecule has 0 atom stereocenters. The van der Waals surface area contributed by atoms with E-state index >= 15 is 0 Å². The molecule has 28 heavy (non-hydrogen) atoms. The Balaban J connectivity index is 1.62. The van der Waals surface area contributed by atoms with Crippen LogP contribution in [0.25, 0.3) is 10.2 Å². The highest BCUT2D eigenvalue weighted by Gasteiger charge is 2.16. The zero-order chi connectivity index (χ0) is 20.1. The van der Waals surface area contributed by atoms with Gasteiger partial charge in [0.1, 0.15) is 5.01 Å². The molecule has 0 aliphatic heterocycles. The Morgan fingerprint density at radius 3 is 2.61 bits per heavy atom. The second kappa shape index (κ2) is 8.71. The first kappa shape index (κ1) is 19.6. The molecular formula is C20H20N2O5S. The van der Waals surface area contributed by atoms with Crippen LogP contribution in [0.1, 0.15) is 15.4 Å². The number of likely N-dealkylation sites (N-methyl/N-ethyl adjacent to an activating group) is 1. The van der Waals surface area contributed by atoms with Crippen molar-refractivity contribution in [3.05, 3.63) is 53.0 Å². The molecule has 0 N–H and O–H groups in total. The Labute approximate surface area is 166 Å². The van der Waals surface area contributed by atoms with Gasteiger partial charge in [-0.05, 0) is 30.3 Å². The molecule has 0 spiro atoms. The van der Waals surface area contributed by atoms with E-state index in [-0.39, 0.29) is 12.5 Å². The minimum Gasteiger partial charge on any atom is -0.493 e. The number of hydrogen-bond acceptors (Lipinski definition) is 7. The van der Waals surface area contributed by atoms with Crippen LogP contribution < -0.4 is 9.47 Å². The summed E-state index contributed by atoms with van der Waals surface area (Å²) in [5.74, 6) is 0.0521. The number of thiazole rings is 1. The smallest absolute Gasteiger partial charge is 0.337 e. The van der Waals surface area contributed by atoms with Crippen LogP contribution in [0.3, 0.4) is 0 Å². The molecule has 3 rings (SSSR count). The predicted octanol–water partition coefficient (Wildman–Crippen LogP) is 3.13. The lowest BCUT2D eigenvalue weighted by molar-refractivity contribution is -0.132. The van der Waals surface area contributed by atoms with E-state index in [4.69, 9.17) is 9.47 Å². The van der Waals surface area contributed by atoms with E-state index in [2.05, 4.69) is 9.72 Å². The Hall–Kier alpha value is -3.13. The molecule has 0 aliphatic rings. The number of methoxy groups -OCH3 is 2. The number of fused-ring (bicyclic) bond motifs is 1. The molecule has 1 heterocycles. The standard InChI is InChI=1S/C20H20N2O5S/c1-22(11-18-21-14-6-4-5-7-17(14)28-18)19(23)12-27-15-9-8-13(20(24)26-3)10-16(15)25-2/h4-10H,11-12H2,1-3H3. The van der Waals surface area contributed by atoms with E-state index < -0.39 is 5.97 Å². The third-order valence-corrected chi connectivity index (χ3v) is 5.09. The van der Waals surface area contributed by atoms with E-state index in [9.17, 15) is 9.59 Å². The quantitative estimate of drug-likeness (QED) is 0.567. The molecule has 0 unspecified atom stereocenters. The van der Waals surface area contributed by atoms with Crippen molar-refractivity contribution in [1.29, 1.82) is 0 Å². The third kappa shape index (κ3) is 4.40. The van der Waals surface area contributed by atoms with Crippen molar-refractivity contribution < 1.29 is 23.8 Å². The van der Waals surface area contributed by atoms with Crippen molar-refractivity contribution in [2.45, 2.75) is 6.54 Å². The maximum atomic E-state index is 12.4. The van der Waals surface area contributed by atoms with Gasteiger partial charge in [-0.1, -0.05) is 12.1 Å². The molecule has 146 valence electrons. The summed E-state index contributed by atoms with van der Waals surface area (Å²) in [5.41, 5.74) is 1.26. The second-order valence-corrected chi connectivity index (χ2v) is 7.09. The predicted molar refractivity (Wildman–Crippen MR) is 106 cm³/mol. The highest BCUT2D eigenvalue weighted by molar-refractivity contribution is 7.18. The average Bonchev–Trinajstić information content (AvgIpc) is 3.13. The largest absolute Gasteiger partial charge is 0.493 e. The van der Waals surface area contributed by atoms with Gasteiger partial charge >= 0.3 is 5.97 Å². The van der Waals surface area contributed by atoms with Gasteiger partial charge in [-0.15, -0.1) is 11.3 Å². The highest BCUT2D eigenvalue weighted by atomic mass is 32.1. The fourth-order valence-electron chi connectivity index (χ4n) is 2.56. The number of para-hydroxylation sites is 1. The van der Waals surface area contributed by atoms with Crippen LogP contribution in [0.5, 0.6) is 11.5 Å². The number of carbonyl (C=O) groups excluding carboxylic acids is 2. The molecule has 0 saturated heterocycles. The summed E-state index contributed by atoms with van der Waals surface area (Å²) in [4.78, 5) is 30.1. The summed E-state index contributed by atoms with van der Waals surface area (Å²) in [6.07, 6.45) is 0. The number of hydrogen-bond donors (Lipinski definition) is 0. The summed E-state index contributed by atoms with van der Waals surface area (Å²) in [6, 6.07) is 12.5. The fraction of sp³-hybridized carbons (Fsp3) is 0.250. The summed E-state index contributed by atoms with van der Waals surface area (Å²) >= 11 is 1.56. The number of carbonyl (C=O) groups is 2. The molecule has 2 aromatic carbocycles. The normalized spacial score (nSPS) is 10.5. The first-order valence-corrected chi connectivity index (χ1v) is 9.31. The summed E-state index contributed by atoms with van der Waals surface area (Å²) in [7, 11) is 4.47. The van der Waals surface area contributed by atoms with Crippen LogP contribution in [0, 0.1) is 0 Å². The fourth-order valence-corrected chi connectivity index (χ4v) is 3.58. The maximum Gasteiger partial charge on any atom is 0.337 e. The zero-order valence-corrected chi connectivity index (χ0v) is 16.6. The molecule has 1 aromatic heterocycles. The molecule has 0 saturated carbocycles. The van der Waals surface area contributed by atoms with Gasteiger partial charge in [0, 0.05) is 7.05 Å². The third-order valence-electron chi connectivity index (χ3n) is 4.07. The van der Waals surface area contributed by atoms with E-state index in [1.165, 1.54) is 20.3 Å². The molecule has 1 amide bonds. The molecule has 8 heteroatoms. The van der Waals surface area contributed by atoms with Crippen molar-refractivity contribution in [1.82, 2.24) is 9.88 Å². The highest BCUT2D eigenvalue weighted by Crippen LogP contribution is 2.28. The summed E-state index contributed by atoms with van der Waals surface area (Å²) in [5, 5.41) is 0.858. The number of ether oxygens (including phenoxy) is 3. The molecule has 0 radical (unpaired) electrons. The van der Waals surface area contributed by atoms with Gasteiger partial charge in [0.25, 0.3) is 5.91 Å². The Morgan fingerprint density at radius 2 is 1.89 bits per heavy atom. The van der Waals surface area contributed by atoms with Crippen LogP contribution in [-0.4, -0.2) is 49.6 Å². The van der Waals surface area contributed by atoms with Gasteiger partial charge in [0.2, 0.25) is 0 Å². The van der Waals surface area contributed by atoms with Crippen molar-refractivity contribution in [2.75, 3.05) is 27.9 Å². The number of nitrogens with zero attached hydrogens (tertiary/aromatic N) is 2. The van der Waals surface area contributed by atoms with E-state index in [0.717, 1.165) is 15.2 Å².